The van der Waals surface area contributed by atoms with E-state index in [9.17, 15) is 17.6 Å². The Hall–Kier alpha value is -2.78. The Morgan fingerprint density at radius 1 is 1.19 bits per heavy atom. The van der Waals surface area contributed by atoms with Crippen molar-refractivity contribution in [1.29, 1.82) is 0 Å². The maximum absolute atomic E-state index is 13.6. The number of allylic oxidation sites excluding steroid dienone is 1. The van der Waals surface area contributed by atoms with Gasteiger partial charge in [0.05, 0.1) is 18.1 Å². The van der Waals surface area contributed by atoms with Gasteiger partial charge < -0.3 is 10.1 Å². The molecule has 1 aliphatic heterocycles. The van der Waals surface area contributed by atoms with Crippen molar-refractivity contribution in [1.82, 2.24) is 14.6 Å². The molecule has 1 aromatic heterocycles. The number of pyridine rings is 1. The fourth-order valence-corrected chi connectivity index (χ4v) is 8.46. The minimum absolute atomic E-state index is 0.0358. The topological polar surface area (TPSA) is 88.6 Å². The molecule has 3 fully saturated rings. The van der Waals surface area contributed by atoms with E-state index in [2.05, 4.69) is 16.4 Å². The van der Waals surface area contributed by atoms with Gasteiger partial charge in [-0.1, -0.05) is 24.3 Å². The second-order valence-corrected chi connectivity index (χ2v) is 12.6. The Morgan fingerprint density at radius 3 is 2.76 bits per heavy atom. The molecule has 2 saturated carbocycles. The molecule has 7 nitrogen and oxygen atoms in total. The van der Waals surface area contributed by atoms with Crippen LogP contribution in [0.25, 0.3) is 17.2 Å². The summed E-state index contributed by atoms with van der Waals surface area (Å²) in [4.78, 5) is 16.6. The molecule has 5 rings (SSSR count). The normalized spacial score (nSPS) is 31.0. The van der Waals surface area contributed by atoms with Crippen molar-refractivity contribution >= 4 is 22.2 Å². The molecule has 6 atom stereocenters. The summed E-state index contributed by atoms with van der Waals surface area (Å²) in [6.45, 7) is 2.12. The number of nitrogens with zero attached hydrogens (tertiary/aromatic N) is 2. The van der Waals surface area contributed by atoms with Crippen molar-refractivity contribution in [2.24, 2.45) is 23.7 Å². The van der Waals surface area contributed by atoms with Crippen molar-refractivity contribution in [2.45, 2.75) is 44.7 Å². The molecule has 2 aromatic rings. The van der Waals surface area contributed by atoms with Crippen molar-refractivity contribution in [3.8, 4) is 11.1 Å². The number of fused-ring (bicyclic) bond motifs is 2. The number of carbonyl (C=O) groups is 1. The monoisotopic (exact) mass is 527 g/mol. The molecule has 1 aromatic carbocycles. The molecule has 0 bridgehead atoms. The van der Waals surface area contributed by atoms with Gasteiger partial charge in [0.15, 0.2) is 0 Å². The molecular weight excluding hydrogens is 493 g/mol. The molecule has 2 aliphatic carbocycles. The average Bonchev–Trinajstić information content (AvgIpc) is 3.10. The van der Waals surface area contributed by atoms with Gasteiger partial charge in [0.2, 0.25) is 10.0 Å². The fourth-order valence-electron chi connectivity index (χ4n) is 6.64. The van der Waals surface area contributed by atoms with Crippen LogP contribution in [-0.4, -0.2) is 55.3 Å². The minimum Gasteiger partial charge on any atom is -0.450 e. The maximum Gasteiger partial charge on any atom is 0.407 e. The Balaban J connectivity index is 1.36. The lowest BCUT2D eigenvalue weighted by Gasteiger charge is -2.48. The van der Waals surface area contributed by atoms with E-state index in [-0.39, 0.29) is 41.6 Å². The van der Waals surface area contributed by atoms with Crippen molar-refractivity contribution < 1.29 is 22.3 Å². The summed E-state index contributed by atoms with van der Waals surface area (Å²) in [5.74, 6) is 0.696. The summed E-state index contributed by atoms with van der Waals surface area (Å²) in [6, 6.07) is 10.3. The number of rotatable bonds is 5. The van der Waals surface area contributed by atoms with E-state index < -0.39 is 10.0 Å². The Labute approximate surface area is 218 Å². The highest BCUT2D eigenvalue weighted by atomic mass is 32.2. The largest absolute Gasteiger partial charge is 0.450 e. The third-order valence-electron chi connectivity index (χ3n) is 8.41. The maximum atomic E-state index is 13.6. The van der Waals surface area contributed by atoms with Gasteiger partial charge in [-0.25, -0.2) is 21.9 Å². The van der Waals surface area contributed by atoms with Gasteiger partial charge in [-0.05, 0) is 86.1 Å². The Kier molecular flexibility index (Phi) is 7.36. The third-order valence-corrected chi connectivity index (χ3v) is 10.4. The number of hydrogen-bond donors (Lipinski definition) is 1. The van der Waals surface area contributed by atoms with Crippen LogP contribution >= 0.6 is 0 Å². The third kappa shape index (κ3) is 5.43. The SMILES string of the molecule is CCOC(=O)N[C@@H]1CC[C@@H]2[C@@H](C1)C[C@H]1[C@H](CS(=O)(=O)N1C)[C@H]2/C=C/c1ccc(-c2cccc(F)c2)cn1. The Morgan fingerprint density at radius 2 is 2.03 bits per heavy atom. The second kappa shape index (κ2) is 10.5. The van der Waals surface area contributed by atoms with Gasteiger partial charge in [-0.3, -0.25) is 4.98 Å². The predicted molar refractivity (Wildman–Crippen MR) is 140 cm³/mol. The molecule has 0 spiro atoms. The van der Waals surface area contributed by atoms with Crippen LogP contribution in [0.5, 0.6) is 0 Å². The molecule has 0 unspecified atom stereocenters. The van der Waals surface area contributed by atoms with Crippen LogP contribution in [0, 0.1) is 29.5 Å². The highest BCUT2D eigenvalue weighted by Crippen LogP contribution is 2.51. The first kappa shape index (κ1) is 25.9. The summed E-state index contributed by atoms with van der Waals surface area (Å²) < 4.78 is 45.9. The number of alkyl carbamates (subject to hydrolysis) is 1. The highest BCUT2D eigenvalue weighted by molar-refractivity contribution is 7.89. The summed E-state index contributed by atoms with van der Waals surface area (Å²) in [5.41, 5.74) is 2.39. The number of carbonyl (C=O) groups excluding carboxylic acids is 1. The highest BCUT2D eigenvalue weighted by Gasteiger charge is 2.53. The summed E-state index contributed by atoms with van der Waals surface area (Å²) in [7, 11) is -1.58. The zero-order chi connectivity index (χ0) is 26.2. The quantitative estimate of drug-likeness (QED) is 0.608. The van der Waals surface area contributed by atoms with E-state index >= 15 is 0 Å². The van der Waals surface area contributed by atoms with Crippen LogP contribution in [0.3, 0.4) is 0 Å². The first-order valence-corrected chi connectivity index (χ1v) is 14.6. The van der Waals surface area contributed by atoms with Gasteiger partial charge in [0.1, 0.15) is 5.82 Å². The number of aromatic nitrogens is 1. The lowest BCUT2D eigenvalue weighted by molar-refractivity contribution is 0.0407. The molecule has 0 radical (unpaired) electrons. The lowest BCUT2D eigenvalue weighted by Crippen LogP contribution is -2.50. The van der Waals surface area contributed by atoms with Gasteiger partial charge in [0, 0.05) is 30.9 Å². The van der Waals surface area contributed by atoms with E-state index in [1.807, 2.05) is 24.3 Å². The van der Waals surface area contributed by atoms with Crippen LogP contribution in [0.15, 0.2) is 48.7 Å². The van der Waals surface area contributed by atoms with Crippen LogP contribution in [-0.2, 0) is 14.8 Å². The number of sulfonamides is 1. The summed E-state index contributed by atoms with van der Waals surface area (Å²) >= 11 is 0. The van der Waals surface area contributed by atoms with Crippen LogP contribution in [0.2, 0.25) is 0 Å². The minimum atomic E-state index is -3.28. The molecule has 1 saturated heterocycles. The number of amides is 1. The number of halogens is 1. The van der Waals surface area contributed by atoms with Crippen molar-refractivity contribution in [3.63, 3.8) is 0 Å². The van der Waals surface area contributed by atoms with E-state index in [0.29, 0.717) is 18.4 Å². The standard InChI is InChI=1S/C28H34FN3O4S/c1-3-36-28(33)31-23-10-11-24-20(14-23)15-27-26(17-37(34,35)32(27)2)25(24)12-9-22-8-7-19(16-30-22)18-5-4-6-21(29)13-18/h4-9,12-13,16,20,23-27H,3,10-11,14-15,17H2,1-2H3,(H,31,33)/b12-9+/t20-,23+,24+,25-,26+,27-/m0/s1. The van der Waals surface area contributed by atoms with Crippen LogP contribution < -0.4 is 5.32 Å². The van der Waals surface area contributed by atoms with Gasteiger partial charge >= 0.3 is 6.09 Å². The van der Waals surface area contributed by atoms with E-state index in [0.717, 1.165) is 42.5 Å². The smallest absolute Gasteiger partial charge is 0.407 e. The second-order valence-electron chi connectivity index (χ2n) is 10.5. The van der Waals surface area contributed by atoms with Gasteiger partial charge in [-0.15, -0.1) is 0 Å². The van der Waals surface area contributed by atoms with Crippen molar-refractivity contribution in [3.05, 3.63) is 60.2 Å². The molecule has 1 amide bonds. The van der Waals surface area contributed by atoms with Crippen LogP contribution in [0.4, 0.5) is 9.18 Å². The average molecular weight is 528 g/mol. The van der Waals surface area contributed by atoms with E-state index in [1.54, 1.807) is 30.5 Å². The number of ether oxygens (including phenoxy) is 1. The number of hydrogen-bond acceptors (Lipinski definition) is 5. The van der Waals surface area contributed by atoms with E-state index in [1.165, 1.54) is 12.1 Å². The van der Waals surface area contributed by atoms with Gasteiger partial charge in [0.25, 0.3) is 0 Å². The van der Waals surface area contributed by atoms with Crippen molar-refractivity contribution in [2.75, 3.05) is 19.4 Å². The molecule has 1 N–H and O–H groups in total. The summed E-state index contributed by atoms with van der Waals surface area (Å²) in [6.07, 6.45) is 8.92. The fraction of sp³-hybridized carbons (Fsp3) is 0.500. The number of benzene rings is 1. The zero-order valence-corrected chi connectivity index (χ0v) is 22.0. The van der Waals surface area contributed by atoms with Gasteiger partial charge in [-0.2, -0.15) is 0 Å². The molecular formula is C28H34FN3O4S. The molecule has 2 heterocycles. The first-order valence-electron chi connectivity index (χ1n) is 13.0. The molecule has 198 valence electrons. The summed E-state index contributed by atoms with van der Waals surface area (Å²) in [5, 5.41) is 2.99. The first-order chi connectivity index (χ1) is 17.7. The molecule has 9 heteroatoms. The van der Waals surface area contributed by atoms with E-state index in [4.69, 9.17) is 4.74 Å². The van der Waals surface area contributed by atoms with Crippen LogP contribution in [0.1, 0.15) is 38.3 Å². The predicted octanol–water partition coefficient (Wildman–Crippen LogP) is 4.71. The Bertz CT molecular complexity index is 1270. The molecule has 3 aliphatic rings. The number of nitrogens with one attached hydrogen (secondary N) is 1. The molecule has 37 heavy (non-hydrogen) atoms. The lowest BCUT2D eigenvalue weighted by atomic mass is 9.59. The zero-order valence-electron chi connectivity index (χ0n) is 21.2.